The van der Waals surface area contributed by atoms with Crippen LogP contribution in [-0.4, -0.2) is 39.9 Å². The van der Waals surface area contributed by atoms with Gasteiger partial charge in [-0.1, -0.05) is 11.6 Å². The second kappa shape index (κ2) is 6.74. The Labute approximate surface area is 150 Å². The summed E-state index contributed by atoms with van der Waals surface area (Å²) in [5.41, 5.74) is -0.286. The van der Waals surface area contributed by atoms with Crippen molar-refractivity contribution < 1.29 is 14.5 Å². The lowest BCUT2D eigenvalue weighted by Gasteiger charge is -2.38. The number of nitro benzene ring substituents is 1. The quantitative estimate of drug-likeness (QED) is 0.568. The molecule has 2 aromatic rings. The first-order valence-electron chi connectivity index (χ1n) is 6.96. The number of aromatic nitrogens is 1. The van der Waals surface area contributed by atoms with E-state index in [1.165, 1.54) is 23.1 Å². The largest absolute Gasteiger partial charge is 0.470 e. The van der Waals surface area contributed by atoms with Crippen molar-refractivity contribution in [2.75, 3.05) is 13.1 Å². The highest BCUT2D eigenvalue weighted by Gasteiger charge is 2.36. The molecule has 1 amide bonds. The number of carbonyl (C=O) groups excluding carboxylic acids is 1. The van der Waals surface area contributed by atoms with E-state index in [0.29, 0.717) is 19.0 Å². The van der Waals surface area contributed by atoms with Crippen LogP contribution in [0.4, 0.5) is 5.69 Å². The van der Waals surface area contributed by atoms with E-state index in [1.807, 2.05) is 0 Å². The van der Waals surface area contributed by atoms with Crippen LogP contribution in [0, 0.1) is 10.1 Å². The molecule has 1 aliphatic heterocycles. The van der Waals surface area contributed by atoms with E-state index in [1.54, 1.807) is 18.3 Å². The Morgan fingerprint density at radius 2 is 2.17 bits per heavy atom. The van der Waals surface area contributed by atoms with Crippen LogP contribution in [0.15, 0.2) is 41.0 Å². The Bertz CT molecular complexity index is 811. The third-order valence-corrected chi connectivity index (χ3v) is 4.36. The smallest absolute Gasteiger partial charge is 0.282 e. The minimum atomic E-state index is -0.595. The topological polar surface area (TPSA) is 85.6 Å². The summed E-state index contributed by atoms with van der Waals surface area (Å²) in [6.07, 6.45) is 1.40. The molecular formula is C15H11BrClN3O4. The molecule has 0 aliphatic carbocycles. The van der Waals surface area contributed by atoms with E-state index in [-0.39, 0.29) is 22.4 Å². The molecule has 0 N–H and O–H groups in total. The molecule has 0 atom stereocenters. The SMILES string of the molecule is O=C(c1cc(Cl)ccc1[N+](=O)[O-])N1CC(Oc2ncccc2Br)C1. The highest BCUT2D eigenvalue weighted by molar-refractivity contribution is 9.10. The first-order chi connectivity index (χ1) is 11.5. The molecule has 1 aliphatic rings. The van der Waals surface area contributed by atoms with Crippen LogP contribution in [0.1, 0.15) is 10.4 Å². The summed E-state index contributed by atoms with van der Waals surface area (Å²) in [6, 6.07) is 7.50. The van der Waals surface area contributed by atoms with Crippen molar-refractivity contribution in [3.63, 3.8) is 0 Å². The first kappa shape index (κ1) is 16.7. The van der Waals surface area contributed by atoms with Gasteiger partial charge in [0.05, 0.1) is 22.5 Å². The van der Waals surface area contributed by atoms with E-state index in [0.717, 1.165) is 4.47 Å². The second-order valence-corrected chi connectivity index (χ2v) is 6.45. The summed E-state index contributed by atoms with van der Waals surface area (Å²) in [4.78, 5) is 28.5. The molecule has 9 heteroatoms. The van der Waals surface area contributed by atoms with Gasteiger partial charge in [-0.25, -0.2) is 4.98 Å². The Balaban J connectivity index is 1.68. The maximum atomic E-state index is 12.5. The predicted octanol–water partition coefficient (Wildman–Crippen LogP) is 3.31. The van der Waals surface area contributed by atoms with Gasteiger partial charge in [0.15, 0.2) is 0 Å². The maximum Gasteiger partial charge on any atom is 0.282 e. The lowest BCUT2D eigenvalue weighted by molar-refractivity contribution is -0.385. The number of hydrogen-bond acceptors (Lipinski definition) is 5. The average molecular weight is 413 g/mol. The van der Waals surface area contributed by atoms with Crippen LogP contribution in [0.25, 0.3) is 0 Å². The van der Waals surface area contributed by atoms with Gasteiger partial charge in [0.25, 0.3) is 11.6 Å². The monoisotopic (exact) mass is 411 g/mol. The zero-order chi connectivity index (χ0) is 17.3. The van der Waals surface area contributed by atoms with Gasteiger partial charge >= 0.3 is 0 Å². The van der Waals surface area contributed by atoms with E-state index in [9.17, 15) is 14.9 Å². The Morgan fingerprint density at radius 1 is 1.42 bits per heavy atom. The fraction of sp³-hybridized carbons (Fsp3) is 0.200. The van der Waals surface area contributed by atoms with E-state index in [2.05, 4.69) is 20.9 Å². The third-order valence-electron chi connectivity index (χ3n) is 3.52. The number of ether oxygens (including phenoxy) is 1. The number of halogens is 2. The summed E-state index contributed by atoms with van der Waals surface area (Å²) < 4.78 is 6.41. The molecule has 0 saturated carbocycles. The summed E-state index contributed by atoms with van der Waals surface area (Å²) in [5.74, 6) is 0.00692. The van der Waals surface area contributed by atoms with Crippen LogP contribution in [0.2, 0.25) is 5.02 Å². The number of pyridine rings is 1. The zero-order valence-electron chi connectivity index (χ0n) is 12.2. The third kappa shape index (κ3) is 3.34. The van der Waals surface area contributed by atoms with Crippen LogP contribution < -0.4 is 4.74 Å². The van der Waals surface area contributed by atoms with Gasteiger partial charge in [-0.3, -0.25) is 14.9 Å². The van der Waals surface area contributed by atoms with Gasteiger partial charge in [0.2, 0.25) is 5.88 Å². The van der Waals surface area contributed by atoms with Crippen molar-refractivity contribution in [2.24, 2.45) is 0 Å². The van der Waals surface area contributed by atoms with E-state index < -0.39 is 10.8 Å². The van der Waals surface area contributed by atoms with Crippen LogP contribution in [0.5, 0.6) is 5.88 Å². The van der Waals surface area contributed by atoms with Gasteiger partial charge in [0.1, 0.15) is 11.7 Å². The highest BCUT2D eigenvalue weighted by atomic mass is 79.9. The van der Waals surface area contributed by atoms with Crippen molar-refractivity contribution in [2.45, 2.75) is 6.10 Å². The molecule has 7 nitrogen and oxygen atoms in total. The van der Waals surface area contributed by atoms with Crippen molar-refractivity contribution in [1.82, 2.24) is 9.88 Å². The van der Waals surface area contributed by atoms with E-state index >= 15 is 0 Å². The molecule has 3 rings (SSSR count). The Morgan fingerprint density at radius 3 is 2.83 bits per heavy atom. The standard InChI is InChI=1S/C15H11BrClN3O4/c16-12-2-1-5-18-14(12)24-10-7-19(8-10)15(21)11-6-9(17)3-4-13(11)20(22)23/h1-6,10H,7-8H2. The summed E-state index contributed by atoms with van der Waals surface area (Å²) in [7, 11) is 0. The van der Waals surface area contributed by atoms with Crippen LogP contribution >= 0.6 is 27.5 Å². The molecule has 1 saturated heterocycles. The molecule has 0 bridgehead atoms. The number of nitro groups is 1. The van der Waals surface area contributed by atoms with Gasteiger partial charge in [-0.05, 0) is 40.2 Å². The molecule has 1 aromatic heterocycles. The zero-order valence-corrected chi connectivity index (χ0v) is 14.5. The van der Waals surface area contributed by atoms with Crippen molar-refractivity contribution in [3.05, 3.63) is 61.7 Å². The number of hydrogen-bond donors (Lipinski definition) is 0. The van der Waals surface area contributed by atoms with Crippen molar-refractivity contribution in [1.29, 1.82) is 0 Å². The molecule has 0 spiro atoms. The number of amides is 1. The number of benzene rings is 1. The Kier molecular flexibility index (Phi) is 4.68. The fourth-order valence-electron chi connectivity index (χ4n) is 2.30. The molecule has 1 fully saturated rings. The lowest BCUT2D eigenvalue weighted by Crippen LogP contribution is -2.56. The van der Waals surface area contributed by atoms with Crippen LogP contribution in [0.3, 0.4) is 0 Å². The average Bonchev–Trinajstić information content (AvgIpc) is 2.51. The number of rotatable bonds is 4. The fourth-order valence-corrected chi connectivity index (χ4v) is 2.82. The Hall–Kier alpha value is -2.19. The number of likely N-dealkylation sites (tertiary alicyclic amines) is 1. The summed E-state index contributed by atoms with van der Waals surface area (Å²) in [6.45, 7) is 0.650. The van der Waals surface area contributed by atoms with Crippen LogP contribution in [-0.2, 0) is 0 Å². The lowest BCUT2D eigenvalue weighted by atomic mass is 10.1. The molecule has 0 radical (unpaired) electrons. The molecule has 1 aromatic carbocycles. The maximum absolute atomic E-state index is 12.5. The van der Waals surface area contributed by atoms with Crippen molar-refractivity contribution >= 4 is 39.1 Å². The highest BCUT2D eigenvalue weighted by Crippen LogP contribution is 2.28. The van der Waals surface area contributed by atoms with Crippen molar-refractivity contribution in [3.8, 4) is 5.88 Å². The normalized spacial score (nSPS) is 14.2. The van der Waals surface area contributed by atoms with Gasteiger partial charge < -0.3 is 9.64 Å². The minimum absolute atomic E-state index is 0.0232. The van der Waals surface area contributed by atoms with Gasteiger partial charge in [-0.15, -0.1) is 0 Å². The number of carbonyl (C=O) groups is 1. The minimum Gasteiger partial charge on any atom is -0.470 e. The second-order valence-electron chi connectivity index (χ2n) is 5.16. The van der Waals surface area contributed by atoms with Gasteiger partial charge in [0, 0.05) is 17.3 Å². The first-order valence-corrected chi connectivity index (χ1v) is 8.13. The molecule has 24 heavy (non-hydrogen) atoms. The predicted molar refractivity (Wildman–Crippen MR) is 90.4 cm³/mol. The number of nitrogens with zero attached hydrogens (tertiary/aromatic N) is 3. The molecule has 0 unspecified atom stereocenters. The molecule has 2 heterocycles. The molecule has 124 valence electrons. The summed E-state index contributed by atoms with van der Waals surface area (Å²) >= 11 is 9.19. The summed E-state index contributed by atoms with van der Waals surface area (Å²) in [5, 5.41) is 11.3. The molecular weight excluding hydrogens is 402 g/mol. The van der Waals surface area contributed by atoms with Gasteiger partial charge in [-0.2, -0.15) is 0 Å². The van der Waals surface area contributed by atoms with E-state index in [4.69, 9.17) is 16.3 Å².